The molecule has 0 unspecified atom stereocenters. The standard InChI is InChI=1S/C21H21NO3.C7H7F/c1-11-10-21(3,4)22-14-7-6-13-18(17(11)14)12(2)25-16-9-8-15(23)20(24-5)19(13)16;1-6-4-2-3-5-7(6)8/h6-10,22-23H,2H2,1,3-5H3;2-5H,1H3. The fourth-order valence-corrected chi connectivity index (χ4v) is 4.45. The summed E-state index contributed by atoms with van der Waals surface area (Å²) < 4.78 is 23.7. The van der Waals surface area contributed by atoms with Crippen LogP contribution in [0, 0.1) is 12.7 Å². The van der Waals surface area contributed by atoms with E-state index in [1.54, 1.807) is 38.3 Å². The summed E-state index contributed by atoms with van der Waals surface area (Å²) >= 11 is 0. The number of rotatable bonds is 1. The maximum atomic E-state index is 12.3. The van der Waals surface area contributed by atoms with Gasteiger partial charge in [0.2, 0.25) is 0 Å². The van der Waals surface area contributed by atoms with Gasteiger partial charge in [-0.1, -0.05) is 36.9 Å². The first kappa shape index (κ1) is 22.5. The molecule has 5 heteroatoms. The molecule has 0 aromatic heterocycles. The number of phenols is 1. The van der Waals surface area contributed by atoms with Crippen molar-refractivity contribution in [2.45, 2.75) is 33.2 Å². The lowest BCUT2D eigenvalue weighted by atomic mass is 9.83. The van der Waals surface area contributed by atoms with Crippen molar-refractivity contribution >= 4 is 17.0 Å². The predicted octanol–water partition coefficient (Wildman–Crippen LogP) is 7.17. The van der Waals surface area contributed by atoms with Crippen molar-refractivity contribution in [3.05, 3.63) is 83.7 Å². The van der Waals surface area contributed by atoms with Crippen LogP contribution in [-0.4, -0.2) is 17.8 Å². The van der Waals surface area contributed by atoms with Gasteiger partial charge < -0.3 is 19.9 Å². The largest absolute Gasteiger partial charge is 0.504 e. The molecule has 33 heavy (non-hydrogen) atoms. The van der Waals surface area contributed by atoms with Gasteiger partial charge >= 0.3 is 0 Å². The Hall–Kier alpha value is -3.73. The van der Waals surface area contributed by atoms with Gasteiger partial charge in [-0.25, -0.2) is 4.39 Å². The Kier molecular flexibility index (Phi) is 5.66. The molecule has 3 aromatic carbocycles. The molecule has 0 bridgehead atoms. The first-order valence-corrected chi connectivity index (χ1v) is 10.8. The molecule has 0 fully saturated rings. The molecule has 0 saturated heterocycles. The number of benzene rings is 3. The minimum Gasteiger partial charge on any atom is -0.504 e. The van der Waals surface area contributed by atoms with Gasteiger partial charge in [-0.05, 0) is 63.1 Å². The summed E-state index contributed by atoms with van der Waals surface area (Å²) in [6.07, 6.45) is 2.21. The van der Waals surface area contributed by atoms with Crippen molar-refractivity contribution in [1.29, 1.82) is 0 Å². The molecule has 0 spiro atoms. The molecule has 2 aliphatic rings. The van der Waals surface area contributed by atoms with Gasteiger partial charge in [0.1, 0.15) is 17.3 Å². The number of ether oxygens (including phenoxy) is 2. The number of fused-ring (bicyclic) bond motifs is 5. The SMILES string of the molecule is C=C1Oc2ccc(O)c(OC)c2-c2ccc3c(c21)C(C)=CC(C)(C)N3.Cc1ccccc1F. The van der Waals surface area contributed by atoms with Crippen molar-refractivity contribution in [1.82, 2.24) is 0 Å². The maximum absolute atomic E-state index is 12.3. The number of aromatic hydroxyl groups is 1. The summed E-state index contributed by atoms with van der Waals surface area (Å²) in [7, 11) is 1.55. The molecular formula is C28H28FNO3. The van der Waals surface area contributed by atoms with E-state index in [0.717, 1.165) is 27.9 Å². The summed E-state index contributed by atoms with van der Waals surface area (Å²) in [4.78, 5) is 0. The van der Waals surface area contributed by atoms with Gasteiger partial charge in [-0.2, -0.15) is 0 Å². The Morgan fingerprint density at radius 3 is 2.36 bits per heavy atom. The first-order valence-electron chi connectivity index (χ1n) is 10.8. The molecule has 0 aliphatic carbocycles. The highest BCUT2D eigenvalue weighted by Gasteiger charge is 2.32. The second kappa shape index (κ2) is 8.32. The number of nitrogens with one attached hydrogen (secondary N) is 1. The maximum Gasteiger partial charge on any atom is 0.172 e. The van der Waals surface area contributed by atoms with E-state index in [0.29, 0.717) is 22.8 Å². The fraction of sp³-hybridized carbons (Fsp3) is 0.214. The lowest BCUT2D eigenvalue weighted by molar-refractivity contribution is 0.371. The highest BCUT2D eigenvalue weighted by molar-refractivity contribution is 5.99. The summed E-state index contributed by atoms with van der Waals surface area (Å²) in [5.74, 6) is 1.61. The zero-order valence-electron chi connectivity index (χ0n) is 19.5. The number of allylic oxidation sites excluding steroid dienone is 1. The highest BCUT2D eigenvalue weighted by Crippen LogP contribution is 2.53. The van der Waals surface area contributed by atoms with Gasteiger partial charge in [0.25, 0.3) is 0 Å². The smallest absolute Gasteiger partial charge is 0.172 e. The van der Waals surface area contributed by atoms with Crippen LogP contribution in [0.25, 0.3) is 22.5 Å². The van der Waals surface area contributed by atoms with E-state index >= 15 is 0 Å². The van der Waals surface area contributed by atoms with Crippen LogP contribution in [-0.2, 0) is 0 Å². The molecule has 5 rings (SSSR count). The van der Waals surface area contributed by atoms with Gasteiger partial charge in [0.15, 0.2) is 11.5 Å². The van der Waals surface area contributed by atoms with Crippen LogP contribution >= 0.6 is 0 Å². The second-order valence-electron chi connectivity index (χ2n) is 8.85. The summed E-state index contributed by atoms with van der Waals surface area (Å²) in [6.45, 7) is 12.3. The molecule has 0 radical (unpaired) electrons. The molecule has 3 aromatic rings. The van der Waals surface area contributed by atoms with Crippen molar-refractivity contribution in [3.8, 4) is 28.4 Å². The quantitative estimate of drug-likeness (QED) is 0.417. The average Bonchev–Trinajstić information content (AvgIpc) is 2.75. The van der Waals surface area contributed by atoms with Gasteiger partial charge in [-0.3, -0.25) is 0 Å². The molecule has 170 valence electrons. The van der Waals surface area contributed by atoms with E-state index in [2.05, 4.69) is 44.8 Å². The lowest BCUT2D eigenvalue weighted by Gasteiger charge is -2.35. The minimum absolute atomic E-state index is 0.0903. The van der Waals surface area contributed by atoms with Gasteiger partial charge in [-0.15, -0.1) is 0 Å². The third-order valence-corrected chi connectivity index (χ3v) is 5.79. The zero-order chi connectivity index (χ0) is 23.9. The fourth-order valence-electron chi connectivity index (χ4n) is 4.45. The topological polar surface area (TPSA) is 50.7 Å². The third-order valence-electron chi connectivity index (χ3n) is 5.79. The molecule has 4 nitrogen and oxygen atoms in total. The minimum atomic E-state index is -0.132. The monoisotopic (exact) mass is 445 g/mol. The Morgan fingerprint density at radius 2 is 1.73 bits per heavy atom. The Morgan fingerprint density at radius 1 is 1.00 bits per heavy atom. The number of phenolic OH excluding ortho intramolecular Hbond substituents is 1. The third kappa shape index (κ3) is 4.07. The van der Waals surface area contributed by atoms with Crippen LogP contribution in [0.1, 0.15) is 37.5 Å². The molecule has 0 amide bonds. The Balaban J connectivity index is 0.000000275. The number of hydrogen-bond donors (Lipinski definition) is 2. The van der Waals surface area contributed by atoms with E-state index in [4.69, 9.17) is 9.47 Å². The molecular weight excluding hydrogens is 417 g/mol. The zero-order valence-corrected chi connectivity index (χ0v) is 19.5. The number of methoxy groups -OCH3 is 1. The van der Waals surface area contributed by atoms with E-state index in [1.807, 2.05) is 12.1 Å². The normalized spacial score (nSPS) is 14.8. The molecule has 2 heterocycles. The first-order chi connectivity index (χ1) is 15.6. The average molecular weight is 446 g/mol. The number of halogens is 1. The van der Waals surface area contributed by atoms with E-state index < -0.39 is 0 Å². The van der Waals surface area contributed by atoms with Crippen LogP contribution < -0.4 is 14.8 Å². The Labute approximate surface area is 194 Å². The van der Waals surface area contributed by atoms with Crippen LogP contribution in [0.15, 0.2) is 61.2 Å². The van der Waals surface area contributed by atoms with Crippen LogP contribution in [0.4, 0.5) is 10.1 Å². The molecule has 2 N–H and O–H groups in total. The van der Waals surface area contributed by atoms with Crippen LogP contribution in [0.3, 0.4) is 0 Å². The molecule has 2 aliphatic heterocycles. The summed E-state index contributed by atoms with van der Waals surface area (Å²) in [6, 6.07) is 14.1. The second-order valence-corrected chi connectivity index (χ2v) is 8.85. The van der Waals surface area contributed by atoms with Crippen molar-refractivity contribution in [2.24, 2.45) is 0 Å². The number of anilines is 1. The van der Waals surface area contributed by atoms with E-state index in [-0.39, 0.29) is 17.1 Å². The van der Waals surface area contributed by atoms with Gasteiger partial charge in [0, 0.05) is 22.4 Å². The van der Waals surface area contributed by atoms with Crippen LogP contribution in [0.5, 0.6) is 17.2 Å². The number of hydrogen-bond acceptors (Lipinski definition) is 4. The predicted molar refractivity (Wildman–Crippen MR) is 132 cm³/mol. The van der Waals surface area contributed by atoms with E-state index in [1.165, 1.54) is 11.6 Å². The number of aryl methyl sites for hydroxylation is 1. The molecule has 0 atom stereocenters. The summed E-state index contributed by atoms with van der Waals surface area (Å²) in [5, 5.41) is 13.7. The lowest BCUT2D eigenvalue weighted by Crippen LogP contribution is -2.32. The van der Waals surface area contributed by atoms with E-state index in [9.17, 15) is 9.50 Å². The summed E-state index contributed by atoms with van der Waals surface area (Å²) in [5.41, 5.74) is 6.53. The van der Waals surface area contributed by atoms with Crippen molar-refractivity contribution in [3.63, 3.8) is 0 Å². The van der Waals surface area contributed by atoms with Crippen LogP contribution in [0.2, 0.25) is 0 Å². The van der Waals surface area contributed by atoms with Gasteiger partial charge in [0.05, 0.1) is 18.2 Å². The van der Waals surface area contributed by atoms with Crippen molar-refractivity contribution in [2.75, 3.05) is 12.4 Å². The Bertz CT molecular complexity index is 1270. The molecule has 0 saturated carbocycles. The highest BCUT2D eigenvalue weighted by atomic mass is 19.1. The van der Waals surface area contributed by atoms with Crippen molar-refractivity contribution < 1.29 is 19.0 Å².